The number of aliphatic carboxylic acids is 1. The molecule has 7 heteroatoms. The van der Waals surface area contributed by atoms with Gasteiger partial charge >= 0.3 is 12.0 Å². The number of likely N-dealkylation sites (tertiary alicyclic amines) is 1. The predicted octanol–water partition coefficient (Wildman–Crippen LogP) is 0.767. The summed E-state index contributed by atoms with van der Waals surface area (Å²) >= 11 is 1.87. The number of ether oxygens (including phenoxy) is 1. The number of carbonyl (C=O) groups excluding carboxylic acids is 1. The Morgan fingerprint density at radius 1 is 1.32 bits per heavy atom. The summed E-state index contributed by atoms with van der Waals surface area (Å²) in [5, 5.41) is 11.6. The maximum absolute atomic E-state index is 12.0. The van der Waals surface area contributed by atoms with Crippen molar-refractivity contribution in [2.75, 3.05) is 31.2 Å². The summed E-state index contributed by atoms with van der Waals surface area (Å²) in [6.07, 6.45) is 2.43. The van der Waals surface area contributed by atoms with E-state index in [1.54, 1.807) is 4.90 Å². The van der Waals surface area contributed by atoms with Gasteiger partial charge in [-0.3, -0.25) is 0 Å². The second-order valence-electron chi connectivity index (χ2n) is 4.90. The summed E-state index contributed by atoms with van der Waals surface area (Å²) in [5.41, 5.74) is 0. The predicted molar refractivity (Wildman–Crippen MR) is 72.4 cm³/mol. The van der Waals surface area contributed by atoms with Gasteiger partial charge in [-0.1, -0.05) is 0 Å². The van der Waals surface area contributed by atoms with Crippen LogP contribution in [0.3, 0.4) is 0 Å². The summed E-state index contributed by atoms with van der Waals surface area (Å²) in [6.45, 7) is 1.02. The maximum Gasteiger partial charge on any atom is 0.329 e. The third-order valence-corrected chi connectivity index (χ3v) is 4.59. The number of nitrogens with zero attached hydrogens (tertiary/aromatic N) is 1. The van der Waals surface area contributed by atoms with Crippen LogP contribution >= 0.6 is 11.8 Å². The van der Waals surface area contributed by atoms with Crippen LogP contribution in [0, 0.1) is 0 Å². The Bertz CT molecular complexity index is 326. The number of carbonyl (C=O) groups is 2. The van der Waals surface area contributed by atoms with Crippen molar-refractivity contribution in [1.82, 2.24) is 10.2 Å². The molecule has 2 saturated heterocycles. The topological polar surface area (TPSA) is 78.9 Å². The molecule has 2 aliphatic heterocycles. The van der Waals surface area contributed by atoms with Gasteiger partial charge in [0.25, 0.3) is 0 Å². The summed E-state index contributed by atoms with van der Waals surface area (Å²) < 4.78 is 5.24. The molecular weight excluding hydrogens is 268 g/mol. The molecule has 0 aromatic carbocycles. The van der Waals surface area contributed by atoms with Gasteiger partial charge in [0, 0.05) is 24.9 Å². The van der Waals surface area contributed by atoms with E-state index in [-0.39, 0.29) is 18.7 Å². The summed E-state index contributed by atoms with van der Waals surface area (Å²) in [4.78, 5) is 24.2. The van der Waals surface area contributed by atoms with Gasteiger partial charge in [0.05, 0.1) is 6.10 Å². The Labute approximate surface area is 116 Å². The monoisotopic (exact) mass is 288 g/mol. The van der Waals surface area contributed by atoms with Crippen LogP contribution in [0.15, 0.2) is 0 Å². The average molecular weight is 288 g/mol. The first-order chi connectivity index (χ1) is 9.15. The normalized spacial score (nSPS) is 24.4. The first-order valence-electron chi connectivity index (χ1n) is 6.61. The molecule has 1 unspecified atom stereocenters. The molecule has 0 aromatic heterocycles. The highest BCUT2D eigenvalue weighted by atomic mass is 32.2. The first kappa shape index (κ1) is 14.5. The second-order valence-corrected chi connectivity index (χ2v) is 6.05. The minimum Gasteiger partial charge on any atom is -0.480 e. The van der Waals surface area contributed by atoms with E-state index < -0.39 is 5.97 Å². The van der Waals surface area contributed by atoms with Crippen LogP contribution in [0.2, 0.25) is 0 Å². The number of piperidine rings is 1. The van der Waals surface area contributed by atoms with Crippen molar-refractivity contribution in [1.29, 1.82) is 0 Å². The van der Waals surface area contributed by atoms with Gasteiger partial charge in [0.15, 0.2) is 0 Å². The SMILES string of the molecule is O=C(O)COC1CCN(C(=O)NC2CCSC2)CC1. The number of hydrogen-bond donors (Lipinski definition) is 2. The van der Waals surface area contributed by atoms with Crippen molar-refractivity contribution in [3.63, 3.8) is 0 Å². The van der Waals surface area contributed by atoms with Crippen molar-refractivity contribution < 1.29 is 19.4 Å². The van der Waals surface area contributed by atoms with Gasteiger partial charge in [-0.2, -0.15) is 11.8 Å². The fraction of sp³-hybridized carbons (Fsp3) is 0.833. The highest BCUT2D eigenvalue weighted by Crippen LogP contribution is 2.18. The molecule has 19 heavy (non-hydrogen) atoms. The summed E-state index contributed by atoms with van der Waals surface area (Å²) in [5.74, 6) is 1.18. The zero-order valence-electron chi connectivity index (χ0n) is 10.8. The lowest BCUT2D eigenvalue weighted by Crippen LogP contribution is -2.49. The van der Waals surface area contributed by atoms with E-state index >= 15 is 0 Å². The van der Waals surface area contributed by atoms with Gasteiger partial charge in [0.2, 0.25) is 0 Å². The van der Waals surface area contributed by atoms with Gasteiger partial charge in [-0.15, -0.1) is 0 Å². The zero-order valence-corrected chi connectivity index (χ0v) is 11.7. The van der Waals surface area contributed by atoms with Gasteiger partial charge < -0.3 is 20.1 Å². The van der Waals surface area contributed by atoms with E-state index in [9.17, 15) is 9.59 Å². The van der Waals surface area contributed by atoms with E-state index in [4.69, 9.17) is 9.84 Å². The molecule has 1 atom stereocenters. The van der Waals surface area contributed by atoms with Crippen molar-refractivity contribution in [3.8, 4) is 0 Å². The number of hydrogen-bond acceptors (Lipinski definition) is 4. The highest BCUT2D eigenvalue weighted by molar-refractivity contribution is 7.99. The molecule has 0 saturated carbocycles. The smallest absolute Gasteiger partial charge is 0.329 e. The van der Waals surface area contributed by atoms with Crippen LogP contribution < -0.4 is 5.32 Å². The molecule has 2 N–H and O–H groups in total. The summed E-state index contributed by atoms with van der Waals surface area (Å²) in [7, 11) is 0. The molecule has 2 fully saturated rings. The minimum absolute atomic E-state index is 0.00387. The lowest BCUT2D eigenvalue weighted by Gasteiger charge is -2.32. The van der Waals surface area contributed by atoms with Crippen LogP contribution in [0.1, 0.15) is 19.3 Å². The molecule has 0 bridgehead atoms. The number of nitrogens with one attached hydrogen (secondary N) is 1. The molecule has 2 amide bonds. The molecule has 0 aliphatic carbocycles. The Hall–Kier alpha value is -0.950. The quantitative estimate of drug-likeness (QED) is 0.799. The fourth-order valence-electron chi connectivity index (χ4n) is 2.33. The number of amides is 2. The average Bonchev–Trinajstić information content (AvgIpc) is 2.89. The number of carboxylic acids is 1. The number of urea groups is 1. The van der Waals surface area contributed by atoms with E-state index in [1.165, 1.54) is 0 Å². The minimum atomic E-state index is -0.945. The second kappa shape index (κ2) is 7.00. The Morgan fingerprint density at radius 3 is 2.63 bits per heavy atom. The van der Waals surface area contributed by atoms with Gasteiger partial charge in [-0.25, -0.2) is 9.59 Å². The third-order valence-electron chi connectivity index (χ3n) is 3.43. The van der Waals surface area contributed by atoms with E-state index in [0.717, 1.165) is 17.9 Å². The number of thioether (sulfide) groups is 1. The van der Waals surface area contributed by atoms with Crippen molar-refractivity contribution in [3.05, 3.63) is 0 Å². The zero-order chi connectivity index (χ0) is 13.7. The van der Waals surface area contributed by atoms with Crippen LogP contribution in [0.25, 0.3) is 0 Å². The van der Waals surface area contributed by atoms with E-state index in [1.807, 2.05) is 11.8 Å². The molecule has 0 spiro atoms. The molecule has 0 radical (unpaired) electrons. The fourth-order valence-corrected chi connectivity index (χ4v) is 3.48. The maximum atomic E-state index is 12.0. The largest absolute Gasteiger partial charge is 0.480 e. The van der Waals surface area contributed by atoms with Crippen LogP contribution in [-0.2, 0) is 9.53 Å². The molecule has 2 rings (SSSR count). The Kier molecular flexibility index (Phi) is 5.33. The first-order valence-corrected chi connectivity index (χ1v) is 7.77. The molecule has 108 valence electrons. The van der Waals surface area contributed by atoms with Gasteiger partial charge in [0.1, 0.15) is 6.61 Å². The Morgan fingerprint density at radius 2 is 2.05 bits per heavy atom. The Balaban J connectivity index is 1.67. The number of carboxylic acid groups (broad SMARTS) is 1. The summed E-state index contributed by atoms with van der Waals surface area (Å²) in [6, 6.07) is 0.308. The standard InChI is InChI=1S/C12H20N2O4S/c15-11(16)7-18-10-1-4-14(5-2-10)12(17)13-9-3-6-19-8-9/h9-10H,1-8H2,(H,13,17)(H,15,16). The molecular formula is C12H20N2O4S. The van der Waals surface area contributed by atoms with Crippen LogP contribution in [0.4, 0.5) is 4.79 Å². The lowest BCUT2D eigenvalue weighted by atomic mass is 10.1. The molecule has 6 nitrogen and oxygen atoms in total. The molecule has 0 aromatic rings. The van der Waals surface area contributed by atoms with E-state index in [2.05, 4.69) is 5.32 Å². The molecule has 2 aliphatic rings. The highest BCUT2D eigenvalue weighted by Gasteiger charge is 2.26. The lowest BCUT2D eigenvalue weighted by molar-refractivity contribution is -0.145. The van der Waals surface area contributed by atoms with Crippen molar-refractivity contribution in [2.45, 2.75) is 31.4 Å². The van der Waals surface area contributed by atoms with Crippen LogP contribution in [-0.4, -0.2) is 65.4 Å². The number of rotatable bonds is 4. The van der Waals surface area contributed by atoms with E-state index in [0.29, 0.717) is 32.0 Å². The third kappa shape index (κ3) is 4.58. The van der Waals surface area contributed by atoms with Gasteiger partial charge in [-0.05, 0) is 25.0 Å². The van der Waals surface area contributed by atoms with Crippen molar-refractivity contribution >= 4 is 23.8 Å². The van der Waals surface area contributed by atoms with Crippen LogP contribution in [0.5, 0.6) is 0 Å². The molecule has 2 heterocycles. The van der Waals surface area contributed by atoms with Crippen molar-refractivity contribution in [2.24, 2.45) is 0 Å².